The lowest BCUT2D eigenvalue weighted by molar-refractivity contribution is 0.208. The second-order valence-corrected chi connectivity index (χ2v) is 3.58. The largest absolute Gasteiger partial charge is 0.343 e. The summed E-state index contributed by atoms with van der Waals surface area (Å²) in [5, 5.41) is 3.02. The summed E-state index contributed by atoms with van der Waals surface area (Å²) in [5.41, 5.74) is -0.409. The highest BCUT2D eigenvalue weighted by molar-refractivity contribution is 5.06. The maximum atomic E-state index is 13.3. The summed E-state index contributed by atoms with van der Waals surface area (Å²) in [5.74, 6) is 0.401. The van der Waals surface area contributed by atoms with Crippen LogP contribution in [-0.4, -0.2) is 23.6 Å². The average Bonchev–Trinajstić information content (AvgIpc) is 2.47. The number of likely N-dealkylation sites (N-methyl/N-ethyl adjacent to an activating group) is 1. The van der Waals surface area contributed by atoms with E-state index in [2.05, 4.69) is 15.3 Å². The van der Waals surface area contributed by atoms with Crippen LogP contribution < -0.4 is 5.32 Å². The molecule has 0 aliphatic heterocycles. The highest BCUT2D eigenvalue weighted by Gasteiger charge is 2.22. The van der Waals surface area contributed by atoms with Crippen LogP contribution in [0, 0.1) is 0 Å². The van der Waals surface area contributed by atoms with E-state index >= 15 is 0 Å². The Morgan fingerprint density at radius 1 is 1.62 bits per heavy atom. The zero-order valence-corrected chi connectivity index (χ0v) is 8.32. The van der Waals surface area contributed by atoms with Gasteiger partial charge in [0.15, 0.2) is 5.67 Å². The lowest BCUT2D eigenvalue weighted by atomic mass is 10.2. The van der Waals surface area contributed by atoms with Crippen molar-refractivity contribution >= 4 is 0 Å². The molecule has 74 valence electrons. The summed E-state index contributed by atoms with van der Waals surface area (Å²) in [6, 6.07) is 0. The number of halogens is 1. The van der Waals surface area contributed by atoms with E-state index in [1.807, 2.05) is 7.05 Å². The average molecular weight is 185 g/mol. The molecule has 1 aromatic heterocycles. The number of alkyl halides is 1. The molecule has 0 bridgehead atoms. The Balaban J connectivity index is 2.64. The molecule has 1 aromatic rings. The first-order valence-electron chi connectivity index (χ1n) is 4.42. The van der Waals surface area contributed by atoms with Crippen molar-refractivity contribution in [2.24, 2.45) is 0 Å². The molecule has 0 fully saturated rings. The van der Waals surface area contributed by atoms with Crippen molar-refractivity contribution in [1.82, 2.24) is 15.3 Å². The van der Waals surface area contributed by atoms with E-state index in [0.29, 0.717) is 5.82 Å². The van der Waals surface area contributed by atoms with Gasteiger partial charge in [-0.1, -0.05) is 0 Å². The predicted molar refractivity (Wildman–Crippen MR) is 50.4 cm³/mol. The van der Waals surface area contributed by atoms with Crippen LogP contribution in [0.15, 0.2) is 6.20 Å². The second kappa shape index (κ2) is 3.87. The van der Waals surface area contributed by atoms with Gasteiger partial charge in [0, 0.05) is 24.9 Å². The van der Waals surface area contributed by atoms with Gasteiger partial charge in [-0.2, -0.15) is 0 Å². The molecule has 13 heavy (non-hydrogen) atoms. The molecule has 3 nitrogen and oxygen atoms in total. The van der Waals surface area contributed by atoms with Gasteiger partial charge < -0.3 is 10.3 Å². The fraction of sp³-hybridized carbons (Fsp3) is 0.667. The van der Waals surface area contributed by atoms with Crippen LogP contribution >= 0.6 is 0 Å². The molecule has 0 radical (unpaired) electrons. The summed E-state index contributed by atoms with van der Waals surface area (Å²) in [4.78, 5) is 6.94. The van der Waals surface area contributed by atoms with E-state index in [1.54, 1.807) is 6.20 Å². The molecular formula is C9H16FN3. The number of nitrogens with one attached hydrogen (secondary N) is 2. The monoisotopic (exact) mass is 185 g/mol. The highest BCUT2D eigenvalue weighted by Crippen LogP contribution is 2.20. The molecule has 1 rings (SSSR count). The number of aromatic nitrogens is 2. The van der Waals surface area contributed by atoms with E-state index in [4.69, 9.17) is 0 Å². The molecule has 1 heterocycles. The Morgan fingerprint density at radius 2 is 2.31 bits per heavy atom. The SMILES string of the molecule is CNCCc1cnc(C(C)(C)F)[nH]1. The van der Waals surface area contributed by atoms with Crippen LogP contribution in [0.2, 0.25) is 0 Å². The number of imidazole rings is 1. The van der Waals surface area contributed by atoms with Gasteiger partial charge in [-0.25, -0.2) is 9.37 Å². The molecule has 0 spiro atoms. The van der Waals surface area contributed by atoms with E-state index < -0.39 is 5.67 Å². The van der Waals surface area contributed by atoms with E-state index in [0.717, 1.165) is 18.7 Å². The Hall–Kier alpha value is -0.900. The Kier molecular flexibility index (Phi) is 3.03. The minimum Gasteiger partial charge on any atom is -0.343 e. The summed E-state index contributed by atoms with van der Waals surface area (Å²) in [6.07, 6.45) is 2.54. The Bertz CT molecular complexity index is 262. The highest BCUT2D eigenvalue weighted by atomic mass is 19.1. The molecule has 0 saturated carbocycles. The summed E-state index contributed by atoms with van der Waals surface area (Å²) in [7, 11) is 1.89. The molecule has 0 aromatic carbocycles. The van der Waals surface area contributed by atoms with Crippen molar-refractivity contribution in [2.75, 3.05) is 13.6 Å². The molecule has 0 amide bonds. The maximum absolute atomic E-state index is 13.3. The summed E-state index contributed by atoms with van der Waals surface area (Å²) in [6.45, 7) is 3.86. The third kappa shape index (κ3) is 2.81. The van der Waals surface area contributed by atoms with E-state index in [-0.39, 0.29) is 0 Å². The Labute approximate surface area is 77.8 Å². The Morgan fingerprint density at radius 3 is 2.77 bits per heavy atom. The van der Waals surface area contributed by atoms with Gasteiger partial charge >= 0.3 is 0 Å². The van der Waals surface area contributed by atoms with Crippen molar-refractivity contribution in [3.05, 3.63) is 17.7 Å². The van der Waals surface area contributed by atoms with Gasteiger partial charge in [-0.3, -0.25) is 0 Å². The number of hydrogen-bond donors (Lipinski definition) is 2. The molecule has 2 N–H and O–H groups in total. The van der Waals surface area contributed by atoms with Gasteiger partial charge in [0.2, 0.25) is 0 Å². The van der Waals surface area contributed by atoms with E-state index in [9.17, 15) is 4.39 Å². The molecule has 0 saturated heterocycles. The topological polar surface area (TPSA) is 40.7 Å². The number of aromatic amines is 1. The lowest BCUT2D eigenvalue weighted by Gasteiger charge is -2.09. The quantitative estimate of drug-likeness (QED) is 0.744. The molecular weight excluding hydrogens is 169 g/mol. The minimum absolute atomic E-state index is 0.401. The van der Waals surface area contributed by atoms with Crippen LogP contribution in [0.1, 0.15) is 25.4 Å². The summed E-state index contributed by atoms with van der Waals surface area (Å²) < 4.78 is 13.3. The van der Waals surface area contributed by atoms with Crippen molar-refractivity contribution in [3.8, 4) is 0 Å². The van der Waals surface area contributed by atoms with Crippen LogP contribution in [-0.2, 0) is 12.1 Å². The molecule has 0 aliphatic carbocycles. The normalized spacial score (nSPS) is 12.0. The molecule has 0 aliphatic rings. The van der Waals surface area contributed by atoms with Crippen molar-refractivity contribution in [3.63, 3.8) is 0 Å². The fourth-order valence-electron chi connectivity index (χ4n) is 1.05. The molecule has 0 atom stereocenters. The van der Waals surface area contributed by atoms with Crippen molar-refractivity contribution in [1.29, 1.82) is 0 Å². The van der Waals surface area contributed by atoms with Crippen LogP contribution in [0.25, 0.3) is 0 Å². The summed E-state index contributed by atoms with van der Waals surface area (Å²) >= 11 is 0. The van der Waals surface area contributed by atoms with Crippen LogP contribution in [0.3, 0.4) is 0 Å². The zero-order chi connectivity index (χ0) is 9.90. The van der Waals surface area contributed by atoms with Crippen LogP contribution in [0.5, 0.6) is 0 Å². The number of H-pyrrole nitrogens is 1. The minimum atomic E-state index is -1.38. The van der Waals surface area contributed by atoms with E-state index in [1.165, 1.54) is 13.8 Å². The van der Waals surface area contributed by atoms with Crippen LogP contribution in [0.4, 0.5) is 4.39 Å². The zero-order valence-electron chi connectivity index (χ0n) is 8.32. The third-order valence-electron chi connectivity index (χ3n) is 1.84. The number of hydrogen-bond acceptors (Lipinski definition) is 2. The first-order chi connectivity index (χ1) is 6.04. The first kappa shape index (κ1) is 10.2. The smallest absolute Gasteiger partial charge is 0.162 e. The van der Waals surface area contributed by atoms with Crippen molar-refractivity contribution in [2.45, 2.75) is 25.9 Å². The number of nitrogens with zero attached hydrogens (tertiary/aromatic N) is 1. The maximum Gasteiger partial charge on any atom is 0.162 e. The fourth-order valence-corrected chi connectivity index (χ4v) is 1.05. The van der Waals surface area contributed by atoms with Gasteiger partial charge in [-0.15, -0.1) is 0 Å². The van der Waals surface area contributed by atoms with Gasteiger partial charge in [0.05, 0.1) is 0 Å². The van der Waals surface area contributed by atoms with Gasteiger partial charge in [0.1, 0.15) is 5.82 Å². The van der Waals surface area contributed by atoms with Gasteiger partial charge in [0.25, 0.3) is 0 Å². The standard InChI is InChI=1S/C9H16FN3/c1-9(2,10)8-12-6-7(13-8)4-5-11-3/h6,11H,4-5H2,1-3H3,(H,12,13). The second-order valence-electron chi connectivity index (χ2n) is 3.58. The predicted octanol–water partition coefficient (Wildman–Crippen LogP) is 1.38. The number of rotatable bonds is 4. The molecule has 0 unspecified atom stereocenters. The first-order valence-corrected chi connectivity index (χ1v) is 4.42. The third-order valence-corrected chi connectivity index (χ3v) is 1.84. The molecule has 4 heteroatoms. The van der Waals surface area contributed by atoms with Gasteiger partial charge in [-0.05, 0) is 20.9 Å². The van der Waals surface area contributed by atoms with Crippen molar-refractivity contribution < 1.29 is 4.39 Å². The lowest BCUT2D eigenvalue weighted by Crippen LogP contribution is -2.13.